The summed E-state index contributed by atoms with van der Waals surface area (Å²) in [4.78, 5) is 11.7. The molecule has 1 unspecified atom stereocenters. The van der Waals surface area contributed by atoms with E-state index in [1.807, 2.05) is 13.8 Å². The zero-order valence-corrected chi connectivity index (χ0v) is 15.4. The van der Waals surface area contributed by atoms with Crippen molar-refractivity contribution in [3.05, 3.63) is 27.7 Å². The van der Waals surface area contributed by atoms with Crippen LogP contribution in [-0.2, 0) is 13.1 Å². The molecular weight excluding hydrogens is 306 g/mol. The monoisotopic (exact) mass is 333 g/mol. The van der Waals surface area contributed by atoms with Gasteiger partial charge in [-0.25, -0.2) is 14.6 Å². The van der Waals surface area contributed by atoms with Crippen molar-refractivity contribution in [2.75, 3.05) is 13.1 Å². The van der Waals surface area contributed by atoms with E-state index in [1.54, 1.807) is 11.3 Å². The van der Waals surface area contributed by atoms with Crippen LogP contribution in [-0.4, -0.2) is 37.7 Å². The van der Waals surface area contributed by atoms with Gasteiger partial charge in [-0.15, -0.1) is 11.3 Å². The Hall–Kier alpha value is -1.27. The first-order valence-electron chi connectivity index (χ1n) is 8.56. The predicted octanol–water partition coefficient (Wildman–Crippen LogP) is 3.39. The Labute approximate surface area is 142 Å². The quantitative estimate of drug-likeness (QED) is 0.841. The standard InChI is InChI=1S/C17H27N5S/c1-12(2)17-19-16(11-23-17)10-21-7-5-6-15(8-21)9-22-14(4)18-13(3)20-22/h11-12,15H,5-10H2,1-4H3. The first-order chi connectivity index (χ1) is 11.0. The summed E-state index contributed by atoms with van der Waals surface area (Å²) in [5.74, 6) is 3.09. The van der Waals surface area contributed by atoms with Crippen LogP contribution in [0.1, 0.15) is 55.0 Å². The summed E-state index contributed by atoms with van der Waals surface area (Å²) in [5.41, 5.74) is 1.23. The molecule has 5 nitrogen and oxygen atoms in total. The second kappa shape index (κ2) is 7.09. The lowest BCUT2D eigenvalue weighted by atomic mass is 9.98. The molecule has 126 valence electrons. The van der Waals surface area contributed by atoms with Gasteiger partial charge in [0.2, 0.25) is 0 Å². The normalized spacial score (nSPS) is 19.6. The van der Waals surface area contributed by atoms with E-state index in [-0.39, 0.29) is 0 Å². The van der Waals surface area contributed by atoms with Gasteiger partial charge >= 0.3 is 0 Å². The molecule has 0 spiro atoms. The van der Waals surface area contributed by atoms with E-state index in [4.69, 9.17) is 4.98 Å². The summed E-state index contributed by atoms with van der Waals surface area (Å²) in [5, 5.41) is 7.99. The van der Waals surface area contributed by atoms with E-state index in [0.29, 0.717) is 11.8 Å². The lowest BCUT2D eigenvalue weighted by molar-refractivity contribution is 0.151. The minimum atomic E-state index is 0.529. The molecule has 0 amide bonds. The van der Waals surface area contributed by atoms with E-state index in [0.717, 1.165) is 31.3 Å². The molecule has 1 aliphatic heterocycles. The Kier molecular flexibility index (Phi) is 5.11. The minimum Gasteiger partial charge on any atom is -0.297 e. The first-order valence-corrected chi connectivity index (χ1v) is 9.44. The molecule has 1 saturated heterocycles. The van der Waals surface area contributed by atoms with Gasteiger partial charge in [-0.3, -0.25) is 4.90 Å². The lowest BCUT2D eigenvalue weighted by Gasteiger charge is -2.32. The van der Waals surface area contributed by atoms with Crippen molar-refractivity contribution < 1.29 is 0 Å². The number of aromatic nitrogens is 4. The molecule has 0 aliphatic carbocycles. The van der Waals surface area contributed by atoms with Crippen LogP contribution < -0.4 is 0 Å². The van der Waals surface area contributed by atoms with E-state index in [2.05, 4.69) is 38.9 Å². The fourth-order valence-corrected chi connectivity index (χ4v) is 4.14. The zero-order chi connectivity index (χ0) is 16.4. The van der Waals surface area contributed by atoms with Crippen molar-refractivity contribution in [3.8, 4) is 0 Å². The molecule has 1 aliphatic rings. The van der Waals surface area contributed by atoms with E-state index in [9.17, 15) is 0 Å². The molecule has 23 heavy (non-hydrogen) atoms. The highest BCUT2D eigenvalue weighted by Crippen LogP contribution is 2.23. The topological polar surface area (TPSA) is 46.8 Å². The molecule has 2 aromatic rings. The molecule has 0 aromatic carbocycles. The van der Waals surface area contributed by atoms with Gasteiger partial charge in [0.1, 0.15) is 11.6 Å². The summed E-state index contributed by atoms with van der Waals surface area (Å²) in [7, 11) is 0. The highest BCUT2D eigenvalue weighted by Gasteiger charge is 2.22. The summed E-state index contributed by atoms with van der Waals surface area (Å²) in [6.07, 6.45) is 2.54. The van der Waals surface area contributed by atoms with Crippen LogP contribution in [0.2, 0.25) is 0 Å². The molecule has 0 saturated carbocycles. The summed E-state index contributed by atoms with van der Waals surface area (Å²) in [6, 6.07) is 0. The van der Waals surface area contributed by atoms with Gasteiger partial charge in [-0.1, -0.05) is 13.8 Å². The van der Waals surface area contributed by atoms with Crippen molar-refractivity contribution in [1.29, 1.82) is 0 Å². The fourth-order valence-electron chi connectivity index (χ4n) is 3.31. The Bertz CT molecular complexity index is 645. The smallest absolute Gasteiger partial charge is 0.147 e. The molecule has 1 fully saturated rings. The third kappa shape index (κ3) is 4.18. The molecule has 2 aromatic heterocycles. The Morgan fingerprint density at radius 2 is 2.13 bits per heavy atom. The Balaban J connectivity index is 1.58. The maximum Gasteiger partial charge on any atom is 0.147 e. The highest BCUT2D eigenvalue weighted by molar-refractivity contribution is 7.09. The molecule has 6 heteroatoms. The van der Waals surface area contributed by atoms with Crippen molar-refractivity contribution >= 4 is 11.3 Å². The second-order valence-electron chi connectivity index (χ2n) is 6.96. The van der Waals surface area contributed by atoms with Crippen LogP contribution in [0.15, 0.2) is 5.38 Å². The average Bonchev–Trinajstić information content (AvgIpc) is 3.07. The van der Waals surface area contributed by atoms with Crippen LogP contribution in [0.5, 0.6) is 0 Å². The molecule has 0 N–H and O–H groups in total. The minimum absolute atomic E-state index is 0.529. The maximum absolute atomic E-state index is 4.78. The summed E-state index contributed by atoms with van der Waals surface area (Å²) in [6.45, 7) is 12.7. The fraction of sp³-hybridized carbons (Fsp3) is 0.706. The lowest BCUT2D eigenvalue weighted by Crippen LogP contribution is -2.37. The number of nitrogens with zero attached hydrogens (tertiary/aromatic N) is 5. The Morgan fingerprint density at radius 1 is 1.30 bits per heavy atom. The second-order valence-corrected chi connectivity index (χ2v) is 7.85. The number of rotatable bonds is 5. The van der Waals surface area contributed by atoms with Gasteiger partial charge in [0, 0.05) is 30.9 Å². The van der Waals surface area contributed by atoms with Gasteiger partial charge in [0.15, 0.2) is 0 Å². The highest BCUT2D eigenvalue weighted by atomic mass is 32.1. The molecule has 1 atom stereocenters. The van der Waals surface area contributed by atoms with Gasteiger partial charge in [-0.05, 0) is 39.2 Å². The Morgan fingerprint density at radius 3 is 2.78 bits per heavy atom. The SMILES string of the molecule is Cc1nc(C)n(CC2CCCN(Cc3csc(C(C)C)n3)C2)n1. The molecule has 3 heterocycles. The van der Waals surface area contributed by atoms with Crippen LogP contribution in [0, 0.1) is 19.8 Å². The third-order valence-corrected chi connectivity index (χ3v) is 5.64. The third-order valence-electron chi connectivity index (χ3n) is 4.45. The van der Waals surface area contributed by atoms with Gasteiger partial charge < -0.3 is 0 Å². The summed E-state index contributed by atoms with van der Waals surface area (Å²) >= 11 is 1.79. The first kappa shape index (κ1) is 16.6. The van der Waals surface area contributed by atoms with Crippen LogP contribution in [0.25, 0.3) is 0 Å². The number of hydrogen-bond acceptors (Lipinski definition) is 5. The van der Waals surface area contributed by atoms with Crippen molar-refractivity contribution in [2.45, 2.75) is 59.5 Å². The van der Waals surface area contributed by atoms with E-state index in [1.165, 1.54) is 30.1 Å². The van der Waals surface area contributed by atoms with Crippen LogP contribution >= 0.6 is 11.3 Å². The van der Waals surface area contributed by atoms with Crippen molar-refractivity contribution in [1.82, 2.24) is 24.6 Å². The van der Waals surface area contributed by atoms with Crippen LogP contribution in [0.3, 0.4) is 0 Å². The predicted molar refractivity (Wildman–Crippen MR) is 93.7 cm³/mol. The molecule has 0 radical (unpaired) electrons. The largest absolute Gasteiger partial charge is 0.297 e. The van der Waals surface area contributed by atoms with E-state index < -0.39 is 0 Å². The number of likely N-dealkylation sites (tertiary alicyclic amines) is 1. The van der Waals surface area contributed by atoms with Gasteiger partial charge in [-0.2, -0.15) is 5.10 Å². The van der Waals surface area contributed by atoms with Crippen molar-refractivity contribution in [2.24, 2.45) is 5.92 Å². The maximum atomic E-state index is 4.78. The van der Waals surface area contributed by atoms with Crippen LogP contribution in [0.4, 0.5) is 0 Å². The molecule has 3 rings (SSSR count). The number of thiazole rings is 1. The van der Waals surface area contributed by atoms with Gasteiger partial charge in [0.05, 0.1) is 10.7 Å². The number of aryl methyl sites for hydroxylation is 2. The number of piperidine rings is 1. The number of hydrogen-bond donors (Lipinski definition) is 0. The zero-order valence-electron chi connectivity index (χ0n) is 14.6. The summed E-state index contributed by atoms with van der Waals surface area (Å²) < 4.78 is 2.07. The van der Waals surface area contributed by atoms with Crippen molar-refractivity contribution in [3.63, 3.8) is 0 Å². The average molecular weight is 334 g/mol. The molecular formula is C17H27N5S. The van der Waals surface area contributed by atoms with Gasteiger partial charge in [0.25, 0.3) is 0 Å². The van der Waals surface area contributed by atoms with E-state index >= 15 is 0 Å². The molecule has 0 bridgehead atoms.